The van der Waals surface area contributed by atoms with Gasteiger partial charge in [-0.15, -0.1) is 0 Å². The average Bonchev–Trinajstić information content (AvgIpc) is 2.15. The molecule has 1 amide bonds. The van der Waals surface area contributed by atoms with E-state index < -0.39 is 11.6 Å². The van der Waals surface area contributed by atoms with Crippen LogP contribution in [0.25, 0.3) is 0 Å². The van der Waals surface area contributed by atoms with Gasteiger partial charge in [0.15, 0.2) is 0 Å². The molecule has 0 unspecified atom stereocenters. The van der Waals surface area contributed by atoms with E-state index in [0.717, 1.165) is 32.0 Å². The zero-order valence-electron chi connectivity index (χ0n) is 10.2. The monoisotopic (exact) mass is 227 g/mol. The van der Waals surface area contributed by atoms with Gasteiger partial charge >= 0.3 is 6.09 Å². The van der Waals surface area contributed by atoms with Gasteiger partial charge in [0, 0.05) is 5.92 Å². The molecule has 4 heteroatoms. The van der Waals surface area contributed by atoms with Crippen molar-refractivity contribution in [2.75, 3.05) is 0 Å². The van der Waals surface area contributed by atoms with Crippen LogP contribution in [0.15, 0.2) is 0 Å². The van der Waals surface area contributed by atoms with Crippen LogP contribution in [0, 0.1) is 11.3 Å². The van der Waals surface area contributed by atoms with Gasteiger partial charge in [0.25, 0.3) is 0 Å². The number of carboxylic acid groups (broad SMARTS) is 1. The van der Waals surface area contributed by atoms with E-state index in [2.05, 4.69) is 5.32 Å². The van der Waals surface area contributed by atoms with Crippen LogP contribution in [-0.2, 0) is 4.79 Å². The molecular weight excluding hydrogens is 206 g/mol. The minimum atomic E-state index is -1.04. The molecule has 0 aromatic rings. The molecule has 1 fully saturated rings. The normalized spacial score (nSPS) is 30.8. The zero-order valence-corrected chi connectivity index (χ0v) is 10.2. The van der Waals surface area contributed by atoms with Crippen LogP contribution < -0.4 is 5.32 Å². The van der Waals surface area contributed by atoms with E-state index in [1.807, 2.05) is 20.8 Å². The summed E-state index contributed by atoms with van der Waals surface area (Å²) in [5.41, 5.74) is -0.865. The predicted octanol–water partition coefficient (Wildman–Crippen LogP) is 2.43. The summed E-state index contributed by atoms with van der Waals surface area (Å²) in [6, 6.07) is 0. The number of hydrogen-bond acceptors (Lipinski definition) is 2. The Kier molecular flexibility index (Phi) is 3.61. The molecule has 0 radical (unpaired) electrons. The van der Waals surface area contributed by atoms with Crippen LogP contribution in [0.4, 0.5) is 4.79 Å². The van der Waals surface area contributed by atoms with Crippen LogP contribution in [0.5, 0.6) is 0 Å². The van der Waals surface area contributed by atoms with Crippen molar-refractivity contribution in [3.63, 3.8) is 0 Å². The third-order valence-corrected chi connectivity index (χ3v) is 3.80. The van der Waals surface area contributed by atoms with E-state index in [1.54, 1.807) is 0 Å². The molecule has 0 spiro atoms. The Morgan fingerprint density at radius 1 is 1.44 bits per heavy atom. The highest BCUT2D eigenvalue weighted by Crippen LogP contribution is 2.44. The lowest BCUT2D eigenvalue weighted by Gasteiger charge is -2.50. The lowest BCUT2D eigenvalue weighted by molar-refractivity contribution is -0.117. The van der Waals surface area contributed by atoms with Crippen molar-refractivity contribution in [2.45, 2.75) is 52.0 Å². The molecule has 2 N–H and O–H groups in total. The molecule has 0 aromatic carbocycles. The Morgan fingerprint density at radius 3 is 2.50 bits per heavy atom. The molecule has 2 atom stereocenters. The van der Waals surface area contributed by atoms with Crippen LogP contribution in [0.1, 0.15) is 46.5 Å². The standard InChI is InChI=1S/C12H21NO3/c1-11(2,3)12(13-10(15)16)7-5-4-6-9(12)8-14/h8-9,13H,4-7H2,1-3H3,(H,15,16)/t9-,12-/m0/s1. The number of hydrogen-bond donors (Lipinski definition) is 2. The molecule has 0 aliphatic heterocycles. The largest absolute Gasteiger partial charge is 0.465 e. The Balaban J connectivity index is 3.09. The summed E-state index contributed by atoms with van der Waals surface area (Å²) in [4.78, 5) is 22.1. The summed E-state index contributed by atoms with van der Waals surface area (Å²) in [7, 11) is 0. The van der Waals surface area contributed by atoms with E-state index in [4.69, 9.17) is 5.11 Å². The Hall–Kier alpha value is -1.06. The van der Waals surface area contributed by atoms with Gasteiger partial charge in [0.1, 0.15) is 6.29 Å². The number of rotatable bonds is 2. The summed E-state index contributed by atoms with van der Waals surface area (Å²) in [5.74, 6) is -0.211. The Bertz CT molecular complexity index is 282. The first-order valence-corrected chi connectivity index (χ1v) is 5.80. The minimum Gasteiger partial charge on any atom is -0.465 e. The zero-order chi connectivity index (χ0) is 12.4. The second-order valence-electron chi connectivity index (χ2n) is 5.64. The van der Waals surface area contributed by atoms with Crippen LogP contribution in [0.2, 0.25) is 0 Å². The summed E-state index contributed by atoms with van der Waals surface area (Å²) in [5, 5.41) is 11.6. The first-order valence-electron chi connectivity index (χ1n) is 5.80. The van der Waals surface area contributed by atoms with Crippen LogP contribution in [-0.4, -0.2) is 23.0 Å². The number of carbonyl (C=O) groups excluding carboxylic acids is 1. The predicted molar refractivity (Wildman–Crippen MR) is 61.4 cm³/mol. The van der Waals surface area contributed by atoms with Gasteiger partial charge in [-0.2, -0.15) is 0 Å². The van der Waals surface area contributed by atoms with Gasteiger partial charge in [-0.05, 0) is 18.3 Å². The fourth-order valence-corrected chi connectivity index (χ4v) is 2.85. The maximum Gasteiger partial charge on any atom is 0.405 e. The van der Waals surface area contributed by atoms with Crippen LogP contribution >= 0.6 is 0 Å². The molecule has 4 nitrogen and oxygen atoms in total. The van der Waals surface area contributed by atoms with Gasteiger partial charge in [0.2, 0.25) is 0 Å². The first-order chi connectivity index (χ1) is 7.33. The van der Waals surface area contributed by atoms with E-state index in [1.165, 1.54) is 0 Å². The summed E-state index contributed by atoms with van der Waals surface area (Å²) >= 11 is 0. The van der Waals surface area contributed by atoms with Crippen molar-refractivity contribution >= 4 is 12.4 Å². The molecule has 0 heterocycles. The van der Waals surface area contributed by atoms with E-state index in [-0.39, 0.29) is 11.3 Å². The van der Waals surface area contributed by atoms with Gasteiger partial charge in [-0.1, -0.05) is 33.6 Å². The smallest absolute Gasteiger partial charge is 0.405 e. The van der Waals surface area contributed by atoms with Crippen molar-refractivity contribution in [1.82, 2.24) is 5.32 Å². The molecule has 1 aliphatic rings. The van der Waals surface area contributed by atoms with Crippen molar-refractivity contribution < 1.29 is 14.7 Å². The molecular formula is C12H21NO3. The molecule has 1 saturated carbocycles. The maximum atomic E-state index is 11.2. The number of carbonyl (C=O) groups is 2. The second-order valence-corrected chi connectivity index (χ2v) is 5.64. The van der Waals surface area contributed by atoms with Crippen molar-refractivity contribution in [3.05, 3.63) is 0 Å². The molecule has 0 saturated heterocycles. The van der Waals surface area contributed by atoms with Crippen molar-refractivity contribution in [3.8, 4) is 0 Å². The Morgan fingerprint density at radius 2 is 2.06 bits per heavy atom. The number of amides is 1. The SMILES string of the molecule is CC(C)(C)[C@]1(NC(=O)O)CCCC[C@H]1C=O. The topological polar surface area (TPSA) is 66.4 Å². The molecule has 0 aromatic heterocycles. The third kappa shape index (κ3) is 2.20. The van der Waals surface area contributed by atoms with Crippen LogP contribution in [0.3, 0.4) is 0 Å². The molecule has 92 valence electrons. The van der Waals surface area contributed by atoms with E-state index in [0.29, 0.717) is 0 Å². The summed E-state index contributed by atoms with van der Waals surface area (Å²) in [6.45, 7) is 5.97. The van der Waals surface area contributed by atoms with Gasteiger partial charge < -0.3 is 15.2 Å². The van der Waals surface area contributed by atoms with Gasteiger partial charge in [-0.25, -0.2) is 4.79 Å². The first kappa shape index (κ1) is 13.0. The average molecular weight is 227 g/mol. The number of aldehydes is 1. The summed E-state index contributed by atoms with van der Waals surface area (Å²) < 4.78 is 0. The molecule has 1 rings (SSSR count). The maximum absolute atomic E-state index is 11.2. The fourth-order valence-electron chi connectivity index (χ4n) is 2.85. The molecule has 0 bridgehead atoms. The summed E-state index contributed by atoms with van der Waals surface area (Å²) in [6.07, 6.45) is 3.38. The third-order valence-electron chi connectivity index (χ3n) is 3.80. The van der Waals surface area contributed by atoms with E-state index in [9.17, 15) is 9.59 Å². The van der Waals surface area contributed by atoms with Crippen molar-refractivity contribution in [1.29, 1.82) is 0 Å². The molecule has 1 aliphatic carbocycles. The minimum absolute atomic E-state index is 0.211. The highest BCUT2D eigenvalue weighted by atomic mass is 16.4. The lowest BCUT2D eigenvalue weighted by atomic mass is 9.60. The van der Waals surface area contributed by atoms with Gasteiger partial charge in [-0.3, -0.25) is 0 Å². The Labute approximate surface area is 96.4 Å². The van der Waals surface area contributed by atoms with Crippen molar-refractivity contribution in [2.24, 2.45) is 11.3 Å². The second kappa shape index (κ2) is 4.44. The fraction of sp³-hybridized carbons (Fsp3) is 0.833. The quantitative estimate of drug-likeness (QED) is 0.712. The highest BCUT2D eigenvalue weighted by Gasteiger charge is 2.50. The molecule has 16 heavy (non-hydrogen) atoms. The highest BCUT2D eigenvalue weighted by molar-refractivity contribution is 5.68. The number of nitrogens with one attached hydrogen (secondary N) is 1. The lowest BCUT2D eigenvalue weighted by Crippen LogP contribution is -2.63. The van der Waals surface area contributed by atoms with Gasteiger partial charge in [0.05, 0.1) is 5.54 Å². The van der Waals surface area contributed by atoms with E-state index >= 15 is 0 Å².